The lowest BCUT2D eigenvalue weighted by atomic mass is 9.76. The van der Waals surface area contributed by atoms with Crippen LogP contribution >= 0.6 is 0 Å². The first-order valence-corrected chi connectivity index (χ1v) is 4.89. The van der Waals surface area contributed by atoms with Gasteiger partial charge in [0.1, 0.15) is 0 Å². The summed E-state index contributed by atoms with van der Waals surface area (Å²) in [5.41, 5.74) is -0.0333. The molecular weight excluding hydrogens is 198 g/mol. The molecule has 1 saturated heterocycles. The molecule has 0 unspecified atom stereocenters. The highest BCUT2D eigenvalue weighted by molar-refractivity contribution is 5.75. The lowest BCUT2D eigenvalue weighted by molar-refractivity contribution is -0.154. The van der Waals surface area contributed by atoms with Crippen LogP contribution in [0, 0.1) is 5.41 Å². The largest absolute Gasteiger partial charge is 0.481 e. The van der Waals surface area contributed by atoms with Crippen molar-refractivity contribution in [1.29, 1.82) is 0 Å². The summed E-state index contributed by atoms with van der Waals surface area (Å²) in [7, 11) is 0. The van der Waals surface area contributed by atoms with Crippen molar-refractivity contribution in [3.05, 3.63) is 11.9 Å². The molecule has 0 bridgehead atoms. The van der Waals surface area contributed by atoms with E-state index < -0.39 is 11.4 Å². The molecule has 0 radical (unpaired) electrons. The van der Waals surface area contributed by atoms with E-state index in [2.05, 4.69) is 15.4 Å². The predicted molar refractivity (Wildman–Crippen MR) is 50.2 cm³/mol. The lowest BCUT2D eigenvalue weighted by Gasteiger charge is -2.32. The average molecular weight is 211 g/mol. The first-order chi connectivity index (χ1) is 7.23. The van der Waals surface area contributed by atoms with Crippen LogP contribution in [0.1, 0.15) is 18.5 Å². The molecule has 0 atom stereocenters. The van der Waals surface area contributed by atoms with Crippen LogP contribution in [0.25, 0.3) is 0 Å². The topological polar surface area (TPSA) is 88.1 Å². The summed E-state index contributed by atoms with van der Waals surface area (Å²) in [6.07, 6.45) is 3.06. The van der Waals surface area contributed by atoms with Gasteiger partial charge < -0.3 is 9.84 Å². The first-order valence-electron chi connectivity index (χ1n) is 4.89. The molecule has 6 nitrogen and oxygen atoms in total. The molecular formula is C9H13N3O3. The third-order valence-corrected chi connectivity index (χ3v) is 2.89. The summed E-state index contributed by atoms with van der Waals surface area (Å²) < 4.78 is 5.19. The number of hydrogen-bond acceptors (Lipinski definition) is 4. The zero-order valence-electron chi connectivity index (χ0n) is 8.27. The molecule has 1 fully saturated rings. The van der Waals surface area contributed by atoms with Gasteiger partial charge in [-0.25, -0.2) is 0 Å². The third kappa shape index (κ3) is 1.99. The van der Waals surface area contributed by atoms with Crippen LogP contribution in [0.4, 0.5) is 0 Å². The minimum Gasteiger partial charge on any atom is -0.481 e. The van der Waals surface area contributed by atoms with Crippen molar-refractivity contribution in [2.45, 2.75) is 19.3 Å². The van der Waals surface area contributed by atoms with Crippen molar-refractivity contribution >= 4 is 5.97 Å². The number of aliphatic carboxylic acids is 1. The maximum Gasteiger partial charge on any atom is 0.310 e. The summed E-state index contributed by atoms with van der Waals surface area (Å²) in [5, 5.41) is 19.3. The minimum absolute atomic E-state index is 0.419. The van der Waals surface area contributed by atoms with E-state index in [1.807, 2.05) is 0 Å². The fourth-order valence-corrected chi connectivity index (χ4v) is 1.89. The van der Waals surface area contributed by atoms with Crippen LogP contribution < -0.4 is 0 Å². The highest BCUT2D eigenvalue weighted by atomic mass is 16.5. The molecule has 6 heteroatoms. The standard InChI is InChI=1S/C9H13N3O3/c13-8(14)9(1-3-15-4-2-9)5-7-6-10-12-11-7/h6H,1-5H2,(H,13,14)(H,10,11,12). The van der Waals surface area contributed by atoms with Crippen molar-refractivity contribution in [1.82, 2.24) is 15.4 Å². The van der Waals surface area contributed by atoms with Crippen LogP contribution in [0.2, 0.25) is 0 Å². The number of aromatic nitrogens is 3. The molecule has 2 heterocycles. The van der Waals surface area contributed by atoms with Crippen LogP contribution in [0.5, 0.6) is 0 Å². The van der Waals surface area contributed by atoms with Crippen molar-refractivity contribution in [3.8, 4) is 0 Å². The summed E-state index contributed by atoms with van der Waals surface area (Å²) in [6.45, 7) is 1.01. The highest BCUT2D eigenvalue weighted by Crippen LogP contribution is 2.33. The Balaban J connectivity index is 2.15. The van der Waals surface area contributed by atoms with Gasteiger partial charge in [-0.3, -0.25) is 4.79 Å². The predicted octanol–water partition coefficient (Wildman–Crippen LogP) is 0.229. The number of carbonyl (C=O) groups is 1. The van der Waals surface area contributed by atoms with Crippen molar-refractivity contribution in [3.63, 3.8) is 0 Å². The van der Waals surface area contributed by atoms with Gasteiger partial charge in [-0.15, -0.1) is 0 Å². The first kappa shape index (κ1) is 10.1. The number of rotatable bonds is 3. The van der Waals surface area contributed by atoms with Gasteiger partial charge in [0.2, 0.25) is 0 Å². The number of nitrogens with zero attached hydrogens (tertiary/aromatic N) is 2. The van der Waals surface area contributed by atoms with E-state index in [9.17, 15) is 9.90 Å². The summed E-state index contributed by atoms with van der Waals surface area (Å²) in [6, 6.07) is 0. The fraction of sp³-hybridized carbons (Fsp3) is 0.667. The van der Waals surface area contributed by atoms with E-state index in [4.69, 9.17) is 4.74 Å². The maximum atomic E-state index is 11.3. The molecule has 1 aromatic rings. The summed E-state index contributed by atoms with van der Waals surface area (Å²) >= 11 is 0. The fourth-order valence-electron chi connectivity index (χ4n) is 1.89. The summed E-state index contributed by atoms with van der Waals surface area (Å²) in [5.74, 6) is -0.770. The Morgan fingerprint density at radius 3 is 2.87 bits per heavy atom. The normalized spacial score (nSPS) is 20.0. The second kappa shape index (κ2) is 3.98. The van der Waals surface area contributed by atoms with Gasteiger partial charge in [-0.05, 0) is 12.8 Å². The van der Waals surface area contributed by atoms with Gasteiger partial charge >= 0.3 is 5.97 Å². The van der Waals surface area contributed by atoms with Crippen molar-refractivity contribution < 1.29 is 14.6 Å². The van der Waals surface area contributed by atoms with Crippen molar-refractivity contribution in [2.75, 3.05) is 13.2 Å². The molecule has 0 spiro atoms. The molecule has 82 valence electrons. The van der Waals surface area contributed by atoms with E-state index in [1.54, 1.807) is 6.20 Å². The summed E-state index contributed by atoms with van der Waals surface area (Å²) in [4.78, 5) is 11.3. The second-order valence-electron chi connectivity index (χ2n) is 3.84. The van der Waals surface area contributed by atoms with Crippen molar-refractivity contribution in [2.24, 2.45) is 5.41 Å². The number of H-pyrrole nitrogens is 1. The molecule has 0 aromatic carbocycles. The number of ether oxygens (including phenoxy) is 1. The number of nitrogens with one attached hydrogen (secondary N) is 1. The second-order valence-corrected chi connectivity index (χ2v) is 3.84. The van der Waals surface area contributed by atoms with Gasteiger partial charge in [0.05, 0.1) is 17.3 Å². The molecule has 0 aliphatic carbocycles. The average Bonchev–Trinajstić information content (AvgIpc) is 2.71. The van der Waals surface area contributed by atoms with E-state index >= 15 is 0 Å². The molecule has 15 heavy (non-hydrogen) atoms. The maximum absolute atomic E-state index is 11.3. The van der Waals surface area contributed by atoms with E-state index in [0.29, 0.717) is 38.2 Å². The smallest absolute Gasteiger partial charge is 0.310 e. The van der Waals surface area contributed by atoms with Gasteiger partial charge in [0, 0.05) is 19.6 Å². The monoisotopic (exact) mass is 211 g/mol. The SMILES string of the molecule is O=C(O)C1(Cc2cn[nH]n2)CCOCC1. The number of aromatic amines is 1. The zero-order valence-corrected chi connectivity index (χ0v) is 8.27. The molecule has 2 rings (SSSR count). The number of carboxylic acid groups (broad SMARTS) is 1. The Morgan fingerprint density at radius 2 is 2.33 bits per heavy atom. The van der Waals surface area contributed by atoms with E-state index in [-0.39, 0.29) is 0 Å². The molecule has 2 N–H and O–H groups in total. The quantitative estimate of drug-likeness (QED) is 0.747. The Labute approximate surface area is 86.6 Å². The van der Waals surface area contributed by atoms with Gasteiger partial charge in [0.15, 0.2) is 0 Å². The molecule has 1 aromatic heterocycles. The third-order valence-electron chi connectivity index (χ3n) is 2.89. The van der Waals surface area contributed by atoms with E-state index in [1.165, 1.54) is 0 Å². The van der Waals surface area contributed by atoms with E-state index in [0.717, 1.165) is 0 Å². The Kier molecular flexibility index (Phi) is 2.68. The highest BCUT2D eigenvalue weighted by Gasteiger charge is 2.40. The van der Waals surface area contributed by atoms with Gasteiger partial charge in [0.25, 0.3) is 0 Å². The van der Waals surface area contributed by atoms with Crippen LogP contribution in [0.3, 0.4) is 0 Å². The molecule has 1 aliphatic rings. The van der Waals surface area contributed by atoms with Crippen LogP contribution in [0.15, 0.2) is 6.20 Å². The molecule has 0 saturated carbocycles. The van der Waals surface area contributed by atoms with Gasteiger partial charge in [-0.1, -0.05) is 0 Å². The number of carboxylic acids is 1. The van der Waals surface area contributed by atoms with Crippen LogP contribution in [-0.2, 0) is 16.0 Å². The van der Waals surface area contributed by atoms with Gasteiger partial charge in [-0.2, -0.15) is 15.4 Å². The Hall–Kier alpha value is -1.43. The number of hydrogen-bond donors (Lipinski definition) is 2. The molecule has 0 amide bonds. The molecule has 1 aliphatic heterocycles. The Bertz CT molecular complexity index is 330. The minimum atomic E-state index is -0.770. The zero-order chi connectivity index (χ0) is 10.7. The lowest BCUT2D eigenvalue weighted by Crippen LogP contribution is -2.39. The van der Waals surface area contributed by atoms with Crippen LogP contribution in [-0.4, -0.2) is 39.7 Å². The Morgan fingerprint density at radius 1 is 1.60 bits per heavy atom.